The number of fused-ring (bicyclic) bond motifs is 1. The van der Waals surface area contributed by atoms with E-state index >= 15 is 0 Å². The molecule has 1 N–H and O–H groups in total. The standard InChI is InChI=1S/C16H17N3O3/c1-2-19(16(20)18-13-4-3-7-17-9-13)10-12-5-6-14-15(8-12)22-11-21-14/h3-9H,2,10-11H2,1H3,(H,18,20). The summed E-state index contributed by atoms with van der Waals surface area (Å²) in [5, 5.41) is 2.83. The first-order valence-electron chi connectivity index (χ1n) is 7.10. The molecular weight excluding hydrogens is 282 g/mol. The number of hydrogen-bond acceptors (Lipinski definition) is 4. The summed E-state index contributed by atoms with van der Waals surface area (Å²) >= 11 is 0. The molecule has 0 fully saturated rings. The van der Waals surface area contributed by atoms with Crippen LogP contribution >= 0.6 is 0 Å². The van der Waals surface area contributed by atoms with Crippen LogP contribution in [0.25, 0.3) is 0 Å². The number of carbonyl (C=O) groups excluding carboxylic acids is 1. The average Bonchev–Trinajstić information content (AvgIpc) is 3.01. The third-order valence-corrected chi connectivity index (χ3v) is 3.39. The summed E-state index contributed by atoms with van der Waals surface area (Å²) in [5.41, 5.74) is 1.67. The molecule has 0 saturated carbocycles. The van der Waals surface area contributed by atoms with Gasteiger partial charge in [0, 0.05) is 19.3 Å². The molecule has 0 aliphatic carbocycles. The molecule has 114 valence electrons. The minimum absolute atomic E-state index is 0.159. The molecular formula is C16H17N3O3. The fraction of sp³-hybridized carbons (Fsp3) is 0.250. The summed E-state index contributed by atoms with van der Waals surface area (Å²) in [6.07, 6.45) is 3.28. The number of carbonyl (C=O) groups is 1. The van der Waals surface area contributed by atoms with Gasteiger partial charge in [0.1, 0.15) is 0 Å². The molecule has 6 nitrogen and oxygen atoms in total. The highest BCUT2D eigenvalue weighted by Gasteiger charge is 2.16. The normalized spacial score (nSPS) is 12.0. The molecule has 1 aliphatic rings. The van der Waals surface area contributed by atoms with E-state index in [2.05, 4.69) is 10.3 Å². The van der Waals surface area contributed by atoms with Crippen LogP contribution in [0.15, 0.2) is 42.7 Å². The Kier molecular flexibility index (Phi) is 4.09. The third-order valence-electron chi connectivity index (χ3n) is 3.39. The van der Waals surface area contributed by atoms with Crippen molar-refractivity contribution in [3.8, 4) is 11.5 Å². The maximum Gasteiger partial charge on any atom is 0.322 e. The van der Waals surface area contributed by atoms with Gasteiger partial charge in [-0.1, -0.05) is 6.07 Å². The number of pyridine rings is 1. The van der Waals surface area contributed by atoms with E-state index in [1.807, 2.05) is 25.1 Å². The summed E-state index contributed by atoms with van der Waals surface area (Å²) in [5.74, 6) is 1.47. The molecule has 2 amide bonds. The van der Waals surface area contributed by atoms with E-state index in [0.717, 1.165) is 17.1 Å². The van der Waals surface area contributed by atoms with Crippen LogP contribution in [0.4, 0.5) is 10.5 Å². The van der Waals surface area contributed by atoms with Gasteiger partial charge in [0.2, 0.25) is 6.79 Å². The molecule has 1 aromatic heterocycles. The van der Waals surface area contributed by atoms with E-state index < -0.39 is 0 Å². The molecule has 2 aromatic rings. The fourth-order valence-electron chi connectivity index (χ4n) is 2.23. The number of amides is 2. The predicted molar refractivity (Wildman–Crippen MR) is 81.9 cm³/mol. The van der Waals surface area contributed by atoms with Crippen LogP contribution in [-0.4, -0.2) is 29.3 Å². The minimum atomic E-state index is -0.159. The van der Waals surface area contributed by atoms with Crippen molar-refractivity contribution < 1.29 is 14.3 Å². The first kappa shape index (κ1) is 14.2. The summed E-state index contributed by atoms with van der Waals surface area (Å²) in [6.45, 7) is 3.29. The third kappa shape index (κ3) is 3.11. The van der Waals surface area contributed by atoms with E-state index in [-0.39, 0.29) is 12.8 Å². The molecule has 1 aliphatic heterocycles. The monoisotopic (exact) mass is 299 g/mol. The Balaban J connectivity index is 1.67. The Labute approximate surface area is 128 Å². The Hall–Kier alpha value is -2.76. The fourth-order valence-corrected chi connectivity index (χ4v) is 2.23. The number of ether oxygens (including phenoxy) is 2. The molecule has 0 unspecified atom stereocenters. The molecule has 0 bridgehead atoms. The molecule has 22 heavy (non-hydrogen) atoms. The number of nitrogens with zero attached hydrogens (tertiary/aromatic N) is 2. The zero-order chi connectivity index (χ0) is 15.4. The molecule has 0 saturated heterocycles. The van der Waals surface area contributed by atoms with Crippen molar-refractivity contribution >= 4 is 11.7 Å². The smallest absolute Gasteiger partial charge is 0.322 e. The van der Waals surface area contributed by atoms with Crippen molar-refractivity contribution in [3.05, 3.63) is 48.3 Å². The number of anilines is 1. The van der Waals surface area contributed by atoms with Crippen LogP contribution in [0.5, 0.6) is 11.5 Å². The minimum Gasteiger partial charge on any atom is -0.454 e. The highest BCUT2D eigenvalue weighted by molar-refractivity contribution is 5.89. The van der Waals surface area contributed by atoms with E-state index in [4.69, 9.17) is 9.47 Å². The Morgan fingerprint density at radius 3 is 2.95 bits per heavy atom. The maximum absolute atomic E-state index is 12.3. The van der Waals surface area contributed by atoms with Gasteiger partial charge in [-0.3, -0.25) is 4.98 Å². The van der Waals surface area contributed by atoms with Crippen LogP contribution in [0.2, 0.25) is 0 Å². The van der Waals surface area contributed by atoms with Crippen LogP contribution in [0.1, 0.15) is 12.5 Å². The first-order valence-corrected chi connectivity index (χ1v) is 7.10. The quantitative estimate of drug-likeness (QED) is 0.943. The summed E-state index contributed by atoms with van der Waals surface area (Å²) < 4.78 is 10.7. The van der Waals surface area contributed by atoms with Gasteiger partial charge in [-0.2, -0.15) is 0 Å². The molecule has 2 heterocycles. The van der Waals surface area contributed by atoms with Crippen molar-refractivity contribution in [2.75, 3.05) is 18.7 Å². The van der Waals surface area contributed by atoms with E-state index in [9.17, 15) is 4.79 Å². The first-order chi connectivity index (χ1) is 10.8. The van der Waals surface area contributed by atoms with Gasteiger partial charge in [-0.25, -0.2) is 4.79 Å². The van der Waals surface area contributed by atoms with Crippen molar-refractivity contribution in [1.82, 2.24) is 9.88 Å². The molecule has 1 aromatic carbocycles. The second kappa shape index (κ2) is 6.34. The van der Waals surface area contributed by atoms with Crippen molar-refractivity contribution in [1.29, 1.82) is 0 Å². The Morgan fingerprint density at radius 2 is 2.18 bits per heavy atom. The summed E-state index contributed by atoms with van der Waals surface area (Å²) in [4.78, 5) is 18.0. The van der Waals surface area contributed by atoms with Gasteiger partial charge in [0.05, 0.1) is 11.9 Å². The summed E-state index contributed by atoms with van der Waals surface area (Å²) in [6, 6.07) is 9.14. The number of urea groups is 1. The molecule has 3 rings (SSSR count). The largest absolute Gasteiger partial charge is 0.454 e. The van der Waals surface area contributed by atoms with Crippen molar-refractivity contribution in [3.63, 3.8) is 0 Å². The highest BCUT2D eigenvalue weighted by atomic mass is 16.7. The molecule has 0 spiro atoms. The number of nitrogens with one attached hydrogen (secondary N) is 1. The predicted octanol–water partition coefficient (Wildman–Crippen LogP) is 2.86. The number of hydrogen-bond donors (Lipinski definition) is 1. The Bertz CT molecular complexity index is 661. The molecule has 0 atom stereocenters. The number of benzene rings is 1. The van der Waals surface area contributed by atoms with Gasteiger partial charge in [-0.15, -0.1) is 0 Å². The van der Waals surface area contributed by atoms with E-state index in [1.165, 1.54) is 0 Å². The van der Waals surface area contributed by atoms with Gasteiger partial charge in [-0.05, 0) is 36.8 Å². The molecule has 6 heteroatoms. The lowest BCUT2D eigenvalue weighted by atomic mass is 10.2. The van der Waals surface area contributed by atoms with E-state index in [1.54, 1.807) is 29.4 Å². The topological polar surface area (TPSA) is 63.7 Å². The Morgan fingerprint density at radius 1 is 1.32 bits per heavy atom. The molecule has 0 radical (unpaired) electrons. The number of aromatic nitrogens is 1. The van der Waals surface area contributed by atoms with Gasteiger partial charge >= 0.3 is 6.03 Å². The zero-order valence-electron chi connectivity index (χ0n) is 12.3. The van der Waals surface area contributed by atoms with Gasteiger partial charge in [0.25, 0.3) is 0 Å². The van der Waals surface area contributed by atoms with Crippen LogP contribution in [0.3, 0.4) is 0 Å². The van der Waals surface area contributed by atoms with Gasteiger partial charge < -0.3 is 19.7 Å². The highest BCUT2D eigenvalue weighted by Crippen LogP contribution is 2.32. The SMILES string of the molecule is CCN(Cc1ccc2c(c1)OCO2)C(=O)Nc1cccnc1. The lowest BCUT2D eigenvalue weighted by Gasteiger charge is -2.21. The van der Waals surface area contributed by atoms with Gasteiger partial charge in [0.15, 0.2) is 11.5 Å². The second-order valence-corrected chi connectivity index (χ2v) is 4.87. The number of rotatable bonds is 4. The van der Waals surface area contributed by atoms with E-state index in [0.29, 0.717) is 18.8 Å². The van der Waals surface area contributed by atoms with Crippen LogP contribution in [-0.2, 0) is 6.54 Å². The second-order valence-electron chi connectivity index (χ2n) is 4.87. The lowest BCUT2D eigenvalue weighted by Crippen LogP contribution is -2.34. The van der Waals surface area contributed by atoms with Crippen LogP contribution < -0.4 is 14.8 Å². The maximum atomic E-state index is 12.3. The lowest BCUT2D eigenvalue weighted by molar-refractivity contribution is 0.174. The average molecular weight is 299 g/mol. The van der Waals surface area contributed by atoms with Crippen molar-refractivity contribution in [2.24, 2.45) is 0 Å². The zero-order valence-corrected chi connectivity index (χ0v) is 12.3. The van der Waals surface area contributed by atoms with Crippen LogP contribution in [0, 0.1) is 0 Å². The van der Waals surface area contributed by atoms with Crippen molar-refractivity contribution in [2.45, 2.75) is 13.5 Å². The summed E-state index contributed by atoms with van der Waals surface area (Å²) in [7, 11) is 0.